The quantitative estimate of drug-likeness (QED) is 0.411. The first-order valence-electron chi connectivity index (χ1n) is 7.76. The molecule has 0 amide bonds. The zero-order chi connectivity index (χ0) is 18.4. The second-order valence-electron chi connectivity index (χ2n) is 5.59. The molecule has 6 nitrogen and oxygen atoms in total. The number of sulfonamides is 1. The van der Waals surface area contributed by atoms with E-state index in [2.05, 4.69) is 6.58 Å². The Morgan fingerprint density at radius 1 is 1.20 bits per heavy atom. The number of aryl methyl sites for hydroxylation is 1. The van der Waals surface area contributed by atoms with Crippen molar-refractivity contribution in [3.63, 3.8) is 0 Å². The zero-order valence-corrected chi connectivity index (χ0v) is 14.8. The third-order valence-corrected chi connectivity index (χ3v) is 5.69. The van der Waals surface area contributed by atoms with Gasteiger partial charge < -0.3 is 0 Å². The monoisotopic (exact) mass is 360 g/mol. The number of nitro benzene ring substituents is 1. The van der Waals surface area contributed by atoms with E-state index in [-0.39, 0.29) is 17.1 Å². The maximum atomic E-state index is 12.9. The minimum absolute atomic E-state index is 0.0468. The highest BCUT2D eigenvalue weighted by molar-refractivity contribution is 7.89. The number of benzene rings is 2. The van der Waals surface area contributed by atoms with Crippen LogP contribution in [0.5, 0.6) is 0 Å². The Morgan fingerprint density at radius 3 is 2.44 bits per heavy atom. The molecule has 0 heterocycles. The van der Waals surface area contributed by atoms with Gasteiger partial charge in [-0.05, 0) is 31.0 Å². The number of rotatable bonds is 8. The molecule has 2 aromatic carbocycles. The summed E-state index contributed by atoms with van der Waals surface area (Å²) in [4.78, 5) is 10.4. The molecule has 0 atom stereocenters. The van der Waals surface area contributed by atoms with E-state index in [1.54, 1.807) is 0 Å². The third-order valence-electron chi connectivity index (χ3n) is 3.83. The average Bonchev–Trinajstić information content (AvgIpc) is 2.59. The van der Waals surface area contributed by atoms with Crippen molar-refractivity contribution in [1.29, 1.82) is 0 Å². The molecule has 0 saturated heterocycles. The summed E-state index contributed by atoms with van der Waals surface area (Å²) in [5, 5.41) is 10.9. The summed E-state index contributed by atoms with van der Waals surface area (Å²) in [7, 11) is -3.76. The molecule has 2 aromatic rings. The Morgan fingerprint density at radius 2 is 1.88 bits per heavy atom. The summed E-state index contributed by atoms with van der Waals surface area (Å²) in [5.74, 6) is 0. The largest absolute Gasteiger partial charge is 0.272 e. The summed E-state index contributed by atoms with van der Waals surface area (Å²) < 4.78 is 27.1. The highest BCUT2D eigenvalue weighted by atomic mass is 32.2. The zero-order valence-electron chi connectivity index (χ0n) is 14.0. The van der Waals surface area contributed by atoms with Gasteiger partial charge in [-0.25, -0.2) is 8.42 Å². The molecule has 0 aliphatic rings. The highest BCUT2D eigenvalue weighted by Gasteiger charge is 2.25. The molecule has 0 bridgehead atoms. The van der Waals surface area contributed by atoms with Crippen LogP contribution in [0.25, 0.3) is 0 Å². The molecular formula is C18H20N2O4S. The fraction of sp³-hybridized carbons (Fsp3) is 0.222. The molecular weight excluding hydrogens is 340 g/mol. The van der Waals surface area contributed by atoms with E-state index in [4.69, 9.17) is 0 Å². The fourth-order valence-electron chi connectivity index (χ4n) is 2.49. The lowest BCUT2D eigenvalue weighted by Crippen LogP contribution is -2.33. The van der Waals surface area contributed by atoms with E-state index >= 15 is 0 Å². The van der Waals surface area contributed by atoms with Crippen molar-refractivity contribution >= 4 is 15.7 Å². The van der Waals surface area contributed by atoms with Crippen molar-refractivity contribution in [3.05, 3.63) is 82.4 Å². The molecule has 0 fully saturated rings. The minimum atomic E-state index is -3.76. The number of nitro groups is 1. The lowest BCUT2D eigenvalue weighted by Gasteiger charge is -2.21. The predicted molar refractivity (Wildman–Crippen MR) is 96.9 cm³/mol. The van der Waals surface area contributed by atoms with Crippen LogP contribution in [0.15, 0.2) is 66.1 Å². The van der Waals surface area contributed by atoms with Crippen molar-refractivity contribution in [2.45, 2.75) is 18.2 Å². The van der Waals surface area contributed by atoms with E-state index in [0.29, 0.717) is 18.5 Å². The van der Waals surface area contributed by atoms with Gasteiger partial charge in [0, 0.05) is 24.7 Å². The molecule has 0 saturated carbocycles. The summed E-state index contributed by atoms with van der Waals surface area (Å²) in [6.07, 6.45) is 2.10. The van der Waals surface area contributed by atoms with Crippen LogP contribution in [0.2, 0.25) is 0 Å². The van der Waals surface area contributed by atoms with Crippen molar-refractivity contribution in [1.82, 2.24) is 4.31 Å². The van der Waals surface area contributed by atoms with Gasteiger partial charge in [0.15, 0.2) is 0 Å². The van der Waals surface area contributed by atoms with Gasteiger partial charge in [0.2, 0.25) is 10.0 Å². The van der Waals surface area contributed by atoms with Crippen molar-refractivity contribution in [2.24, 2.45) is 0 Å². The van der Waals surface area contributed by atoms with E-state index < -0.39 is 14.9 Å². The first-order valence-corrected chi connectivity index (χ1v) is 9.20. The van der Waals surface area contributed by atoms with Gasteiger partial charge in [0.1, 0.15) is 0 Å². The van der Waals surface area contributed by atoms with Crippen LogP contribution in [0, 0.1) is 17.0 Å². The summed E-state index contributed by atoms with van der Waals surface area (Å²) in [6, 6.07) is 13.4. The van der Waals surface area contributed by atoms with Crippen LogP contribution < -0.4 is 0 Å². The lowest BCUT2D eigenvalue weighted by molar-refractivity contribution is -0.385. The maximum absolute atomic E-state index is 12.9. The second kappa shape index (κ2) is 8.04. The van der Waals surface area contributed by atoms with Gasteiger partial charge in [-0.2, -0.15) is 4.31 Å². The van der Waals surface area contributed by atoms with Gasteiger partial charge in [0.05, 0.1) is 9.82 Å². The summed E-state index contributed by atoms with van der Waals surface area (Å²) in [5.41, 5.74) is 1.25. The van der Waals surface area contributed by atoms with Crippen LogP contribution in [-0.4, -0.2) is 30.7 Å². The predicted octanol–water partition coefficient (Wildman–Crippen LogP) is 3.32. The first kappa shape index (κ1) is 18.8. The molecule has 0 aromatic heterocycles. The topological polar surface area (TPSA) is 80.5 Å². The van der Waals surface area contributed by atoms with Crippen LogP contribution in [0.1, 0.15) is 11.1 Å². The maximum Gasteiger partial charge on any atom is 0.272 e. The molecule has 0 aliphatic heterocycles. The standard InChI is InChI=1S/C18H20N2O4S/c1-3-12-19(13-11-16-7-5-4-6-8-16)25(23,24)17-9-10-18(20(21)22)15(2)14-17/h3-10,14H,1,11-13H2,2H3. The van der Waals surface area contributed by atoms with E-state index in [9.17, 15) is 18.5 Å². The molecule has 0 N–H and O–H groups in total. The second-order valence-corrected chi connectivity index (χ2v) is 7.53. The van der Waals surface area contributed by atoms with Crippen molar-refractivity contribution in [2.75, 3.05) is 13.1 Å². The lowest BCUT2D eigenvalue weighted by atomic mass is 10.1. The van der Waals surface area contributed by atoms with E-state index in [1.165, 1.54) is 35.5 Å². The third kappa shape index (κ3) is 4.52. The summed E-state index contributed by atoms with van der Waals surface area (Å²) >= 11 is 0. The Hall–Kier alpha value is -2.51. The number of nitrogens with zero attached hydrogens (tertiary/aromatic N) is 2. The molecule has 0 radical (unpaired) electrons. The van der Waals surface area contributed by atoms with Gasteiger partial charge >= 0.3 is 0 Å². The smallest absolute Gasteiger partial charge is 0.258 e. The van der Waals surface area contributed by atoms with Crippen LogP contribution in [0.4, 0.5) is 5.69 Å². The molecule has 25 heavy (non-hydrogen) atoms. The molecule has 7 heteroatoms. The summed E-state index contributed by atoms with van der Waals surface area (Å²) in [6.45, 7) is 5.62. The SMILES string of the molecule is C=CCN(CCc1ccccc1)S(=O)(=O)c1ccc([N+](=O)[O-])c(C)c1. The van der Waals surface area contributed by atoms with Crippen LogP contribution in [-0.2, 0) is 16.4 Å². The van der Waals surface area contributed by atoms with Gasteiger partial charge in [-0.3, -0.25) is 10.1 Å². The molecule has 0 unspecified atom stereocenters. The Labute approximate surface area is 147 Å². The van der Waals surface area contributed by atoms with Crippen molar-refractivity contribution in [3.8, 4) is 0 Å². The van der Waals surface area contributed by atoms with Crippen LogP contribution >= 0.6 is 0 Å². The molecule has 0 aliphatic carbocycles. The fourth-order valence-corrected chi connectivity index (χ4v) is 3.99. The normalized spacial score (nSPS) is 11.4. The molecule has 0 spiro atoms. The highest BCUT2D eigenvalue weighted by Crippen LogP contribution is 2.24. The van der Waals surface area contributed by atoms with Crippen molar-refractivity contribution < 1.29 is 13.3 Å². The van der Waals surface area contributed by atoms with E-state index in [1.807, 2.05) is 30.3 Å². The van der Waals surface area contributed by atoms with Gasteiger partial charge in [-0.15, -0.1) is 6.58 Å². The Kier molecular flexibility index (Phi) is 6.06. The molecule has 132 valence electrons. The minimum Gasteiger partial charge on any atom is -0.258 e. The molecule has 2 rings (SSSR count). The van der Waals surface area contributed by atoms with Crippen LogP contribution in [0.3, 0.4) is 0 Å². The first-order chi connectivity index (χ1) is 11.9. The number of hydrogen-bond acceptors (Lipinski definition) is 4. The van der Waals surface area contributed by atoms with E-state index in [0.717, 1.165) is 5.56 Å². The Balaban J connectivity index is 2.27. The average molecular weight is 360 g/mol. The Bertz CT molecular complexity index is 864. The van der Waals surface area contributed by atoms with Gasteiger partial charge in [0.25, 0.3) is 5.69 Å². The van der Waals surface area contributed by atoms with Gasteiger partial charge in [-0.1, -0.05) is 36.4 Å². The number of hydrogen-bond donors (Lipinski definition) is 0.